The average Bonchev–Trinajstić information content (AvgIpc) is 2.59. The van der Waals surface area contributed by atoms with Crippen LogP contribution < -0.4 is 5.32 Å². The Morgan fingerprint density at radius 3 is 2.52 bits per heavy atom. The van der Waals surface area contributed by atoms with E-state index in [2.05, 4.69) is 22.0 Å². The molecule has 1 saturated heterocycles. The lowest BCUT2D eigenvalue weighted by Crippen LogP contribution is -2.46. The predicted molar refractivity (Wildman–Crippen MR) is 96.7 cm³/mol. The second-order valence-electron chi connectivity index (χ2n) is 6.47. The molecule has 1 amide bonds. The Morgan fingerprint density at radius 2 is 1.87 bits per heavy atom. The van der Waals surface area contributed by atoms with Crippen LogP contribution in [0, 0.1) is 0 Å². The molecule has 1 unspecified atom stereocenters. The summed E-state index contributed by atoms with van der Waals surface area (Å²) in [6, 6.07) is 9.62. The first-order valence-corrected chi connectivity index (χ1v) is 9.03. The Hall–Kier alpha value is -1.39. The van der Waals surface area contributed by atoms with E-state index in [-0.39, 0.29) is 11.9 Å². The van der Waals surface area contributed by atoms with Crippen molar-refractivity contribution in [1.29, 1.82) is 0 Å². The number of anilines is 1. The van der Waals surface area contributed by atoms with Crippen LogP contribution in [-0.4, -0.2) is 54.5 Å². The normalized spacial score (nSPS) is 17.2. The smallest absolute Gasteiger partial charge is 0.241 e. The van der Waals surface area contributed by atoms with Gasteiger partial charge in [-0.05, 0) is 58.0 Å². The molecule has 4 nitrogen and oxygen atoms in total. The lowest BCUT2D eigenvalue weighted by molar-refractivity contribution is -0.120. The van der Waals surface area contributed by atoms with Gasteiger partial charge in [0, 0.05) is 18.8 Å². The molecule has 0 aliphatic carbocycles. The van der Waals surface area contributed by atoms with Crippen molar-refractivity contribution in [2.45, 2.75) is 45.6 Å². The summed E-state index contributed by atoms with van der Waals surface area (Å²) >= 11 is 0. The van der Waals surface area contributed by atoms with Crippen molar-refractivity contribution in [1.82, 2.24) is 9.80 Å². The van der Waals surface area contributed by atoms with Crippen molar-refractivity contribution in [3.63, 3.8) is 0 Å². The number of piperidine rings is 1. The number of hydrogen-bond donors (Lipinski definition) is 1. The summed E-state index contributed by atoms with van der Waals surface area (Å²) in [5.74, 6) is 0.0864. The molecule has 1 aromatic rings. The van der Waals surface area contributed by atoms with Gasteiger partial charge in [-0.15, -0.1) is 0 Å². The summed E-state index contributed by atoms with van der Waals surface area (Å²) in [7, 11) is 0. The maximum atomic E-state index is 12.5. The van der Waals surface area contributed by atoms with Crippen LogP contribution in [0.5, 0.6) is 0 Å². The molecular weight excluding hydrogens is 286 g/mol. The number of nitrogens with one attached hydrogen (secondary N) is 1. The van der Waals surface area contributed by atoms with E-state index < -0.39 is 0 Å². The number of benzene rings is 1. The van der Waals surface area contributed by atoms with E-state index in [1.165, 1.54) is 32.4 Å². The number of likely N-dealkylation sites (tertiary alicyclic amines) is 1. The van der Waals surface area contributed by atoms with Gasteiger partial charge in [0.15, 0.2) is 0 Å². The molecule has 0 radical (unpaired) electrons. The summed E-state index contributed by atoms with van der Waals surface area (Å²) in [4.78, 5) is 17.4. The van der Waals surface area contributed by atoms with Crippen molar-refractivity contribution in [3.05, 3.63) is 30.3 Å². The second-order valence-corrected chi connectivity index (χ2v) is 6.47. The van der Waals surface area contributed by atoms with Gasteiger partial charge < -0.3 is 10.2 Å². The summed E-state index contributed by atoms with van der Waals surface area (Å²) < 4.78 is 0. The van der Waals surface area contributed by atoms with Crippen molar-refractivity contribution >= 4 is 11.6 Å². The Balaban J connectivity index is 1.85. The summed E-state index contributed by atoms with van der Waals surface area (Å²) in [5, 5.41) is 3.02. The molecular formula is C19H31N3O. The van der Waals surface area contributed by atoms with Crippen molar-refractivity contribution < 1.29 is 4.79 Å². The fourth-order valence-electron chi connectivity index (χ4n) is 3.17. The highest BCUT2D eigenvalue weighted by Gasteiger charge is 2.21. The second kappa shape index (κ2) is 9.68. The highest BCUT2D eigenvalue weighted by Crippen LogP contribution is 2.11. The Labute approximate surface area is 140 Å². The number of rotatable bonds is 8. The summed E-state index contributed by atoms with van der Waals surface area (Å²) in [6.07, 6.45) is 5.07. The topological polar surface area (TPSA) is 35.6 Å². The first-order chi connectivity index (χ1) is 11.2. The van der Waals surface area contributed by atoms with Crippen LogP contribution in [0.25, 0.3) is 0 Å². The average molecular weight is 317 g/mol. The fraction of sp³-hybridized carbons (Fsp3) is 0.632. The van der Waals surface area contributed by atoms with Gasteiger partial charge in [-0.3, -0.25) is 9.69 Å². The molecule has 2 rings (SSSR count). The minimum atomic E-state index is -0.0973. The summed E-state index contributed by atoms with van der Waals surface area (Å²) in [5.41, 5.74) is 0.872. The molecule has 1 atom stereocenters. The van der Waals surface area contributed by atoms with Gasteiger partial charge in [-0.25, -0.2) is 0 Å². The zero-order valence-corrected chi connectivity index (χ0v) is 14.6. The minimum absolute atomic E-state index is 0.0864. The van der Waals surface area contributed by atoms with E-state index >= 15 is 0 Å². The van der Waals surface area contributed by atoms with Gasteiger partial charge in [-0.2, -0.15) is 0 Å². The molecule has 1 aliphatic heterocycles. The van der Waals surface area contributed by atoms with E-state index in [0.717, 1.165) is 31.7 Å². The monoisotopic (exact) mass is 317 g/mol. The maximum absolute atomic E-state index is 12.5. The first-order valence-electron chi connectivity index (χ1n) is 9.03. The highest BCUT2D eigenvalue weighted by molar-refractivity contribution is 5.94. The van der Waals surface area contributed by atoms with E-state index in [4.69, 9.17) is 0 Å². The van der Waals surface area contributed by atoms with Gasteiger partial charge in [0.2, 0.25) is 5.91 Å². The van der Waals surface area contributed by atoms with Gasteiger partial charge in [0.1, 0.15) is 0 Å². The van der Waals surface area contributed by atoms with Crippen LogP contribution in [0.3, 0.4) is 0 Å². The van der Waals surface area contributed by atoms with Crippen molar-refractivity contribution in [2.75, 3.05) is 38.0 Å². The highest BCUT2D eigenvalue weighted by atomic mass is 16.2. The third-order valence-electron chi connectivity index (χ3n) is 4.63. The number of carbonyl (C=O) groups is 1. The van der Waals surface area contributed by atoms with Crippen molar-refractivity contribution in [3.8, 4) is 0 Å². The third kappa shape index (κ3) is 5.96. The number of hydrogen-bond acceptors (Lipinski definition) is 3. The Morgan fingerprint density at radius 1 is 1.17 bits per heavy atom. The molecule has 4 heteroatoms. The molecule has 1 aliphatic rings. The molecule has 0 spiro atoms. The largest absolute Gasteiger partial charge is 0.325 e. The van der Waals surface area contributed by atoms with Gasteiger partial charge in [-0.1, -0.05) is 31.5 Å². The lowest BCUT2D eigenvalue weighted by atomic mass is 10.1. The number of para-hydroxylation sites is 1. The standard InChI is InChI=1S/C19H31N3O/c1-3-12-22(16-15-21-13-8-5-9-14-21)17(2)19(23)20-18-10-6-4-7-11-18/h4,6-7,10-11,17H,3,5,8-9,12-16H2,1-2H3,(H,20,23). The molecule has 1 fully saturated rings. The zero-order valence-electron chi connectivity index (χ0n) is 14.6. The fourth-order valence-corrected chi connectivity index (χ4v) is 3.17. The Bertz CT molecular complexity index is 457. The van der Waals surface area contributed by atoms with Gasteiger partial charge in [0.25, 0.3) is 0 Å². The van der Waals surface area contributed by atoms with E-state index in [9.17, 15) is 4.79 Å². The van der Waals surface area contributed by atoms with E-state index in [0.29, 0.717) is 0 Å². The SMILES string of the molecule is CCCN(CCN1CCCCC1)C(C)C(=O)Nc1ccccc1. The molecule has 1 heterocycles. The molecule has 0 aromatic heterocycles. The quantitative estimate of drug-likeness (QED) is 0.800. The molecule has 1 N–H and O–H groups in total. The van der Waals surface area contributed by atoms with Crippen LogP contribution in [0.4, 0.5) is 5.69 Å². The molecule has 1 aromatic carbocycles. The molecule has 128 valence electrons. The maximum Gasteiger partial charge on any atom is 0.241 e. The van der Waals surface area contributed by atoms with Gasteiger partial charge in [0.05, 0.1) is 6.04 Å². The zero-order chi connectivity index (χ0) is 16.5. The van der Waals surface area contributed by atoms with E-state index in [1.54, 1.807) is 0 Å². The number of carbonyl (C=O) groups excluding carboxylic acids is 1. The molecule has 0 saturated carbocycles. The van der Waals surface area contributed by atoms with Crippen molar-refractivity contribution in [2.24, 2.45) is 0 Å². The van der Waals surface area contributed by atoms with Gasteiger partial charge >= 0.3 is 0 Å². The van der Waals surface area contributed by atoms with Crippen LogP contribution in [0.1, 0.15) is 39.5 Å². The van der Waals surface area contributed by atoms with Crippen LogP contribution in [-0.2, 0) is 4.79 Å². The predicted octanol–water partition coefficient (Wildman–Crippen LogP) is 3.21. The summed E-state index contributed by atoms with van der Waals surface area (Å²) in [6.45, 7) is 9.63. The Kier molecular flexibility index (Phi) is 7.56. The van der Waals surface area contributed by atoms with Crippen LogP contribution >= 0.6 is 0 Å². The number of nitrogens with zero attached hydrogens (tertiary/aromatic N) is 2. The molecule has 23 heavy (non-hydrogen) atoms. The van der Waals surface area contributed by atoms with E-state index in [1.807, 2.05) is 37.3 Å². The minimum Gasteiger partial charge on any atom is -0.325 e. The van der Waals surface area contributed by atoms with Crippen LogP contribution in [0.2, 0.25) is 0 Å². The first kappa shape index (κ1) is 18.0. The van der Waals surface area contributed by atoms with Crippen LogP contribution in [0.15, 0.2) is 30.3 Å². The number of amides is 1. The molecule has 0 bridgehead atoms. The third-order valence-corrected chi connectivity index (χ3v) is 4.63. The lowest BCUT2D eigenvalue weighted by Gasteiger charge is -2.32.